The molecular weight excluding hydrogens is 565 g/mol. The summed E-state index contributed by atoms with van der Waals surface area (Å²) in [5.74, 6) is -3.48. The van der Waals surface area contributed by atoms with Crippen LogP contribution in [0.25, 0.3) is 0 Å². The Balaban J connectivity index is 1.81. The van der Waals surface area contributed by atoms with Crippen molar-refractivity contribution in [2.24, 2.45) is 0 Å². The van der Waals surface area contributed by atoms with Gasteiger partial charge in [-0.3, -0.25) is 14.4 Å². The highest BCUT2D eigenvalue weighted by Gasteiger charge is 2.48. The summed E-state index contributed by atoms with van der Waals surface area (Å²) in [6, 6.07) is 19.5. The van der Waals surface area contributed by atoms with Crippen molar-refractivity contribution in [1.82, 2.24) is 20.3 Å². The number of amides is 3. The largest absolute Gasteiger partial charge is 0.516 e. The fourth-order valence-electron chi connectivity index (χ4n) is 3.75. The van der Waals surface area contributed by atoms with Crippen LogP contribution in [0.2, 0.25) is 0 Å². The molecule has 3 amide bonds. The molecule has 0 aliphatic carbocycles. The van der Waals surface area contributed by atoms with Crippen LogP contribution in [0.15, 0.2) is 78.9 Å². The molecule has 0 radical (unpaired) electrons. The Morgan fingerprint density at radius 3 is 1.95 bits per heavy atom. The van der Waals surface area contributed by atoms with E-state index in [2.05, 4.69) is 15.6 Å². The summed E-state index contributed by atoms with van der Waals surface area (Å²) in [7, 11) is -6.11. The minimum Gasteiger partial charge on any atom is -0.381 e. The van der Waals surface area contributed by atoms with Crippen molar-refractivity contribution in [2.45, 2.75) is 43.5 Å². The molecule has 3 rings (SSSR count). The standard InChI is InChI=1S/C27H27F3N4O6S/c1-26(2,18-12-7-4-8-13-18)33-24(37)20-15-9-14-19(31-20)23(36)32-21(16-17-10-5-3-6-11-17)22(35)25(38)34-41(39,40)27(28,29)30/h3-15,21-22,35H,16H2,1-2H3,(H,32,36)(H,33,37)(H,34,38)/t21?,22-/m0/s1. The topological polar surface area (TPSA) is 155 Å². The Morgan fingerprint density at radius 1 is 0.854 bits per heavy atom. The van der Waals surface area contributed by atoms with E-state index in [4.69, 9.17) is 0 Å². The molecule has 14 heteroatoms. The van der Waals surface area contributed by atoms with E-state index in [-0.39, 0.29) is 17.8 Å². The highest BCUT2D eigenvalue weighted by atomic mass is 32.2. The molecule has 2 atom stereocenters. The van der Waals surface area contributed by atoms with Gasteiger partial charge in [0, 0.05) is 0 Å². The van der Waals surface area contributed by atoms with Gasteiger partial charge in [0.05, 0.1) is 11.6 Å². The second-order valence-electron chi connectivity index (χ2n) is 9.48. The second kappa shape index (κ2) is 12.5. The number of nitrogens with zero attached hydrogens (tertiary/aromatic N) is 1. The summed E-state index contributed by atoms with van der Waals surface area (Å²) < 4.78 is 61.8. The molecule has 1 heterocycles. The Labute approximate surface area is 234 Å². The molecular formula is C27H27F3N4O6S. The summed E-state index contributed by atoms with van der Waals surface area (Å²) >= 11 is 0. The van der Waals surface area contributed by atoms with E-state index < -0.39 is 50.9 Å². The molecule has 0 spiro atoms. The van der Waals surface area contributed by atoms with Gasteiger partial charge in [0.2, 0.25) is 0 Å². The van der Waals surface area contributed by atoms with Gasteiger partial charge in [-0.15, -0.1) is 0 Å². The number of hydrogen-bond acceptors (Lipinski definition) is 7. The molecule has 0 saturated carbocycles. The van der Waals surface area contributed by atoms with E-state index in [1.165, 1.54) is 18.2 Å². The van der Waals surface area contributed by atoms with Gasteiger partial charge >= 0.3 is 15.5 Å². The van der Waals surface area contributed by atoms with Gasteiger partial charge in [0.25, 0.3) is 17.7 Å². The van der Waals surface area contributed by atoms with Crippen molar-refractivity contribution in [3.63, 3.8) is 0 Å². The van der Waals surface area contributed by atoms with Crippen molar-refractivity contribution in [1.29, 1.82) is 0 Å². The molecule has 0 aliphatic rings. The van der Waals surface area contributed by atoms with E-state index in [0.717, 1.165) is 10.3 Å². The third-order valence-corrected chi connectivity index (χ3v) is 7.02. The van der Waals surface area contributed by atoms with Crippen molar-refractivity contribution in [2.75, 3.05) is 0 Å². The molecule has 218 valence electrons. The van der Waals surface area contributed by atoms with Crippen LogP contribution in [0, 0.1) is 0 Å². The smallest absolute Gasteiger partial charge is 0.381 e. The summed E-state index contributed by atoms with van der Waals surface area (Å²) in [6.07, 6.45) is -2.67. The lowest BCUT2D eigenvalue weighted by Crippen LogP contribution is -2.54. The molecule has 0 bridgehead atoms. The predicted octanol–water partition coefficient (Wildman–Crippen LogP) is 2.41. The average Bonchev–Trinajstić information content (AvgIpc) is 2.92. The van der Waals surface area contributed by atoms with Crippen LogP contribution in [-0.2, 0) is 26.8 Å². The van der Waals surface area contributed by atoms with Gasteiger partial charge in [0.15, 0.2) is 6.10 Å². The first-order valence-electron chi connectivity index (χ1n) is 12.1. The maximum absolute atomic E-state index is 13.1. The van der Waals surface area contributed by atoms with Gasteiger partial charge < -0.3 is 15.7 Å². The molecule has 41 heavy (non-hydrogen) atoms. The first-order valence-corrected chi connectivity index (χ1v) is 13.6. The minimum atomic E-state index is -6.11. The molecule has 10 nitrogen and oxygen atoms in total. The van der Waals surface area contributed by atoms with Gasteiger partial charge in [0.1, 0.15) is 11.4 Å². The lowest BCUT2D eigenvalue weighted by atomic mass is 9.94. The molecule has 3 aromatic rings. The highest BCUT2D eigenvalue weighted by Crippen LogP contribution is 2.22. The summed E-state index contributed by atoms with van der Waals surface area (Å²) in [4.78, 5) is 42.3. The Morgan fingerprint density at radius 2 is 1.39 bits per heavy atom. The first-order chi connectivity index (χ1) is 19.1. The van der Waals surface area contributed by atoms with E-state index in [1.54, 1.807) is 44.2 Å². The Kier molecular flexibility index (Phi) is 9.50. The number of alkyl halides is 3. The number of aromatic nitrogens is 1. The number of halogens is 3. The number of benzene rings is 2. The van der Waals surface area contributed by atoms with Crippen molar-refractivity contribution in [3.05, 3.63) is 101 Å². The first kappa shape index (κ1) is 31.2. The third-order valence-electron chi connectivity index (χ3n) is 5.94. The van der Waals surface area contributed by atoms with Crippen molar-refractivity contribution in [3.8, 4) is 0 Å². The molecule has 4 N–H and O–H groups in total. The van der Waals surface area contributed by atoms with Crippen LogP contribution in [0.4, 0.5) is 13.2 Å². The van der Waals surface area contributed by atoms with E-state index in [9.17, 15) is 41.1 Å². The molecule has 0 fully saturated rings. The third kappa shape index (κ3) is 8.11. The van der Waals surface area contributed by atoms with Gasteiger partial charge in [-0.25, -0.2) is 9.71 Å². The highest BCUT2D eigenvalue weighted by molar-refractivity contribution is 7.90. The number of carbonyl (C=O) groups is 3. The number of pyridine rings is 1. The van der Waals surface area contributed by atoms with Crippen LogP contribution < -0.4 is 15.4 Å². The SMILES string of the molecule is CC(C)(NC(=O)c1cccc(C(=O)NC(Cc2ccccc2)[C@H](O)C(=O)NS(=O)(=O)C(F)(F)F)n1)c1ccccc1. The quantitative estimate of drug-likeness (QED) is 0.282. The number of aliphatic hydroxyl groups is 1. The maximum Gasteiger partial charge on any atom is 0.516 e. The fraction of sp³-hybridized carbons (Fsp3) is 0.259. The van der Waals surface area contributed by atoms with E-state index >= 15 is 0 Å². The lowest BCUT2D eigenvalue weighted by Gasteiger charge is -2.27. The van der Waals surface area contributed by atoms with Gasteiger partial charge in [-0.2, -0.15) is 21.6 Å². The fourth-order valence-corrected chi connectivity index (χ4v) is 4.25. The number of carbonyl (C=O) groups excluding carboxylic acids is 3. The number of hydrogen-bond donors (Lipinski definition) is 4. The predicted molar refractivity (Wildman–Crippen MR) is 142 cm³/mol. The zero-order valence-electron chi connectivity index (χ0n) is 21.8. The zero-order valence-corrected chi connectivity index (χ0v) is 22.7. The van der Waals surface area contributed by atoms with Crippen molar-refractivity contribution >= 4 is 27.7 Å². The molecule has 0 aliphatic heterocycles. The Hall–Kier alpha value is -4.30. The summed E-state index contributed by atoms with van der Waals surface area (Å²) in [5, 5.41) is 15.6. The number of sulfonamides is 1. The number of rotatable bonds is 10. The van der Waals surface area contributed by atoms with Crippen LogP contribution >= 0.6 is 0 Å². The maximum atomic E-state index is 13.1. The van der Waals surface area contributed by atoms with E-state index in [1.807, 2.05) is 30.3 Å². The van der Waals surface area contributed by atoms with Gasteiger partial charge in [-0.05, 0) is 43.5 Å². The second-order valence-corrected chi connectivity index (χ2v) is 11.2. The summed E-state index contributed by atoms with van der Waals surface area (Å²) in [6.45, 7) is 3.55. The van der Waals surface area contributed by atoms with E-state index in [0.29, 0.717) is 5.56 Å². The van der Waals surface area contributed by atoms with Crippen molar-refractivity contribution < 1.29 is 41.1 Å². The molecule has 1 aromatic heterocycles. The molecule has 2 aromatic carbocycles. The minimum absolute atomic E-state index is 0.129. The monoisotopic (exact) mass is 592 g/mol. The van der Waals surface area contributed by atoms with Crippen LogP contribution in [-0.4, -0.2) is 53.9 Å². The van der Waals surface area contributed by atoms with Gasteiger partial charge in [-0.1, -0.05) is 66.7 Å². The Bertz CT molecular complexity index is 1500. The molecule has 0 saturated heterocycles. The van der Waals surface area contributed by atoms with Crippen LogP contribution in [0.1, 0.15) is 46.0 Å². The average molecular weight is 593 g/mol. The van der Waals surface area contributed by atoms with Crippen LogP contribution in [0.3, 0.4) is 0 Å². The lowest BCUT2D eigenvalue weighted by molar-refractivity contribution is -0.129. The normalized spacial score (nSPS) is 13.5. The van der Waals surface area contributed by atoms with Crippen LogP contribution in [0.5, 0.6) is 0 Å². The summed E-state index contributed by atoms with van der Waals surface area (Å²) in [5.41, 5.74) is -5.76. The number of aliphatic hydroxyl groups excluding tert-OH is 1. The molecule has 1 unspecified atom stereocenters. The zero-order chi connectivity index (χ0) is 30.4. The number of nitrogens with one attached hydrogen (secondary N) is 3.